The van der Waals surface area contributed by atoms with Crippen LogP contribution in [-0.4, -0.2) is 59.8 Å². The first-order valence-corrected chi connectivity index (χ1v) is 8.37. The minimum atomic E-state index is 0.324. The predicted octanol–water partition coefficient (Wildman–Crippen LogP) is 1.05. The molecule has 2 fully saturated rings. The topological polar surface area (TPSA) is 61.4 Å². The van der Waals surface area contributed by atoms with E-state index in [2.05, 4.69) is 20.4 Å². The lowest BCUT2D eigenvalue weighted by Gasteiger charge is -2.25. The number of aromatic nitrogens is 2. The van der Waals surface area contributed by atoms with E-state index in [1.807, 2.05) is 17.0 Å². The van der Waals surface area contributed by atoms with Crippen molar-refractivity contribution in [3.05, 3.63) is 18.3 Å². The third-order valence-corrected chi connectivity index (χ3v) is 4.56. The van der Waals surface area contributed by atoms with E-state index in [0.717, 1.165) is 57.8 Å². The summed E-state index contributed by atoms with van der Waals surface area (Å²) in [7, 11) is 0. The van der Waals surface area contributed by atoms with Crippen LogP contribution in [0.15, 0.2) is 18.3 Å². The summed E-state index contributed by atoms with van der Waals surface area (Å²) < 4.78 is 0. The summed E-state index contributed by atoms with van der Waals surface area (Å²) in [5, 5.41) is 11.7. The molecule has 0 spiro atoms. The molecule has 0 unspecified atom stereocenters. The van der Waals surface area contributed by atoms with Crippen LogP contribution in [0.2, 0.25) is 0 Å². The second-order valence-corrected chi connectivity index (χ2v) is 6.11. The van der Waals surface area contributed by atoms with Crippen molar-refractivity contribution in [3.8, 4) is 0 Å². The fourth-order valence-electron chi connectivity index (χ4n) is 3.40. The molecule has 0 aromatic carbocycles. The smallest absolute Gasteiger partial charge is 0.222 e. The molecule has 1 aromatic rings. The molecule has 1 N–H and O–H groups in total. The Hall–Kier alpha value is -1.69. The number of hydrogen-bond acceptors (Lipinski definition) is 5. The Kier molecular flexibility index (Phi) is 5.21. The van der Waals surface area contributed by atoms with E-state index in [1.54, 1.807) is 6.20 Å². The highest BCUT2D eigenvalue weighted by atomic mass is 16.2. The van der Waals surface area contributed by atoms with Gasteiger partial charge in [0.1, 0.15) is 0 Å². The lowest BCUT2D eigenvalue weighted by molar-refractivity contribution is -0.127. The number of nitrogens with zero attached hydrogens (tertiary/aromatic N) is 4. The van der Waals surface area contributed by atoms with Gasteiger partial charge in [0, 0.05) is 44.8 Å². The van der Waals surface area contributed by atoms with Crippen molar-refractivity contribution >= 4 is 11.7 Å². The van der Waals surface area contributed by atoms with Crippen LogP contribution in [0.5, 0.6) is 0 Å². The van der Waals surface area contributed by atoms with Crippen molar-refractivity contribution < 1.29 is 4.79 Å². The van der Waals surface area contributed by atoms with Crippen molar-refractivity contribution in [2.75, 3.05) is 37.6 Å². The van der Waals surface area contributed by atoms with Gasteiger partial charge in [-0.15, -0.1) is 5.10 Å². The molecule has 3 heterocycles. The number of likely N-dealkylation sites (tertiary alicyclic amines) is 1. The molecule has 0 bridgehead atoms. The molecule has 1 atom stereocenters. The summed E-state index contributed by atoms with van der Waals surface area (Å²) in [4.78, 5) is 15.9. The molecule has 1 amide bonds. The number of anilines is 1. The van der Waals surface area contributed by atoms with Gasteiger partial charge in [0.25, 0.3) is 0 Å². The lowest BCUT2D eigenvalue weighted by Crippen LogP contribution is -2.39. The zero-order valence-corrected chi connectivity index (χ0v) is 13.1. The Morgan fingerprint density at radius 3 is 3.05 bits per heavy atom. The van der Waals surface area contributed by atoms with Crippen LogP contribution in [0.3, 0.4) is 0 Å². The first kappa shape index (κ1) is 15.2. The molecule has 2 aliphatic rings. The second kappa shape index (κ2) is 7.54. The first-order valence-electron chi connectivity index (χ1n) is 8.37. The number of rotatable bonds is 7. The maximum atomic E-state index is 11.5. The lowest BCUT2D eigenvalue weighted by atomic mass is 10.2. The maximum Gasteiger partial charge on any atom is 0.222 e. The third kappa shape index (κ3) is 3.74. The maximum absolute atomic E-state index is 11.5. The number of nitrogens with one attached hydrogen (secondary N) is 1. The normalized spacial score (nSPS) is 21.8. The Bertz CT molecular complexity index is 481. The van der Waals surface area contributed by atoms with Crippen molar-refractivity contribution in [2.45, 2.75) is 38.1 Å². The molecule has 120 valence electrons. The molecule has 1 aromatic heterocycles. The Morgan fingerprint density at radius 2 is 2.27 bits per heavy atom. The summed E-state index contributed by atoms with van der Waals surface area (Å²) >= 11 is 0. The fourth-order valence-corrected chi connectivity index (χ4v) is 3.40. The molecular formula is C16H25N5O. The molecule has 0 aliphatic carbocycles. The van der Waals surface area contributed by atoms with Crippen molar-refractivity contribution in [1.82, 2.24) is 20.4 Å². The summed E-state index contributed by atoms with van der Waals surface area (Å²) in [5.41, 5.74) is 0. The first-order chi connectivity index (χ1) is 10.8. The van der Waals surface area contributed by atoms with Gasteiger partial charge in [-0.05, 0) is 44.4 Å². The zero-order chi connectivity index (χ0) is 15.2. The van der Waals surface area contributed by atoms with Crippen LogP contribution < -0.4 is 10.2 Å². The van der Waals surface area contributed by atoms with Crippen molar-refractivity contribution in [2.24, 2.45) is 0 Å². The minimum absolute atomic E-state index is 0.324. The van der Waals surface area contributed by atoms with Gasteiger partial charge in [0.05, 0.1) is 0 Å². The van der Waals surface area contributed by atoms with Gasteiger partial charge >= 0.3 is 0 Å². The van der Waals surface area contributed by atoms with E-state index in [4.69, 9.17) is 0 Å². The van der Waals surface area contributed by atoms with Gasteiger partial charge in [0.2, 0.25) is 5.91 Å². The molecule has 2 aliphatic heterocycles. The average Bonchev–Trinajstić information content (AvgIpc) is 3.17. The van der Waals surface area contributed by atoms with Crippen LogP contribution in [0, 0.1) is 0 Å². The molecular weight excluding hydrogens is 278 g/mol. The monoisotopic (exact) mass is 303 g/mol. The van der Waals surface area contributed by atoms with Gasteiger partial charge < -0.3 is 15.1 Å². The van der Waals surface area contributed by atoms with Crippen molar-refractivity contribution in [1.29, 1.82) is 0 Å². The number of hydrogen-bond donors (Lipinski definition) is 1. The summed E-state index contributed by atoms with van der Waals surface area (Å²) in [5.74, 6) is 1.30. The van der Waals surface area contributed by atoms with E-state index in [9.17, 15) is 4.79 Å². The Balaban J connectivity index is 1.37. The molecule has 0 saturated carbocycles. The van der Waals surface area contributed by atoms with E-state index in [0.29, 0.717) is 11.9 Å². The number of carbonyl (C=O) groups is 1. The zero-order valence-electron chi connectivity index (χ0n) is 13.1. The van der Waals surface area contributed by atoms with Gasteiger partial charge in [-0.1, -0.05) is 0 Å². The fraction of sp³-hybridized carbons (Fsp3) is 0.688. The molecule has 2 saturated heterocycles. The van der Waals surface area contributed by atoms with Crippen LogP contribution >= 0.6 is 0 Å². The highest BCUT2D eigenvalue weighted by molar-refractivity contribution is 5.77. The minimum Gasteiger partial charge on any atom is -0.351 e. The standard InChI is InChI=1S/C16H25N5O/c22-16-7-3-10-20(16)11-4-8-17-13-14-5-2-12-21(14)15-6-1-9-18-19-15/h1,6,9,14,17H,2-5,7-8,10-13H2/t14-/m1/s1. The Morgan fingerprint density at radius 1 is 1.32 bits per heavy atom. The molecule has 0 radical (unpaired) electrons. The highest BCUT2D eigenvalue weighted by Gasteiger charge is 2.25. The predicted molar refractivity (Wildman–Crippen MR) is 85.7 cm³/mol. The number of carbonyl (C=O) groups excluding carboxylic acids is 1. The van der Waals surface area contributed by atoms with Gasteiger partial charge in [-0.2, -0.15) is 5.10 Å². The van der Waals surface area contributed by atoms with E-state index >= 15 is 0 Å². The quantitative estimate of drug-likeness (QED) is 0.763. The summed E-state index contributed by atoms with van der Waals surface area (Å²) in [6, 6.07) is 4.48. The van der Waals surface area contributed by atoms with Crippen LogP contribution in [0.25, 0.3) is 0 Å². The van der Waals surface area contributed by atoms with E-state index < -0.39 is 0 Å². The van der Waals surface area contributed by atoms with Crippen LogP contribution in [0.4, 0.5) is 5.82 Å². The molecule has 3 rings (SSSR count). The second-order valence-electron chi connectivity index (χ2n) is 6.11. The van der Waals surface area contributed by atoms with E-state index in [1.165, 1.54) is 12.8 Å². The molecule has 6 nitrogen and oxygen atoms in total. The summed E-state index contributed by atoms with van der Waals surface area (Å²) in [6.45, 7) is 4.85. The number of amides is 1. The largest absolute Gasteiger partial charge is 0.351 e. The third-order valence-electron chi connectivity index (χ3n) is 4.56. The summed E-state index contributed by atoms with van der Waals surface area (Å²) in [6.07, 6.45) is 6.93. The molecule has 6 heteroatoms. The molecule has 22 heavy (non-hydrogen) atoms. The van der Waals surface area contributed by atoms with Crippen LogP contribution in [-0.2, 0) is 4.79 Å². The van der Waals surface area contributed by atoms with Gasteiger partial charge in [0.15, 0.2) is 5.82 Å². The highest BCUT2D eigenvalue weighted by Crippen LogP contribution is 2.22. The van der Waals surface area contributed by atoms with Crippen LogP contribution in [0.1, 0.15) is 32.1 Å². The van der Waals surface area contributed by atoms with Gasteiger partial charge in [-0.25, -0.2) is 0 Å². The SMILES string of the molecule is O=C1CCCN1CCCNC[C@H]1CCCN1c1cccnn1. The van der Waals surface area contributed by atoms with Gasteiger partial charge in [-0.3, -0.25) is 4.79 Å². The Labute approximate surface area is 131 Å². The average molecular weight is 303 g/mol. The van der Waals surface area contributed by atoms with E-state index in [-0.39, 0.29) is 0 Å². The van der Waals surface area contributed by atoms with Crippen molar-refractivity contribution in [3.63, 3.8) is 0 Å².